The molecule has 0 unspecified atom stereocenters. The van der Waals surface area contributed by atoms with Gasteiger partial charge in [0.1, 0.15) is 0 Å². The number of carbonyl (C=O) groups excluding carboxylic acids is 1. The minimum Gasteiger partial charge on any atom is -0.493 e. The van der Waals surface area contributed by atoms with E-state index >= 15 is 0 Å². The molecule has 0 bridgehead atoms. The van der Waals surface area contributed by atoms with E-state index in [1.54, 1.807) is 14.2 Å². The zero-order valence-electron chi connectivity index (χ0n) is 15.3. The van der Waals surface area contributed by atoms with Crippen LogP contribution in [0.25, 0.3) is 0 Å². The van der Waals surface area contributed by atoms with Crippen molar-refractivity contribution < 1.29 is 14.3 Å². The Morgan fingerprint density at radius 1 is 1.21 bits per heavy atom. The Morgan fingerprint density at radius 3 is 2.58 bits per heavy atom. The van der Waals surface area contributed by atoms with Gasteiger partial charge in [0, 0.05) is 12.6 Å². The van der Waals surface area contributed by atoms with Crippen LogP contribution < -0.4 is 14.8 Å². The molecule has 24 heavy (non-hydrogen) atoms. The molecule has 1 aromatic rings. The predicted octanol–water partition coefficient (Wildman–Crippen LogP) is 2.83. The number of amides is 1. The average molecular weight is 334 g/mol. The molecule has 1 aliphatic carbocycles. The number of rotatable bonds is 7. The summed E-state index contributed by atoms with van der Waals surface area (Å²) in [5.74, 6) is 2.12. The first kappa shape index (κ1) is 18.6. The van der Waals surface area contributed by atoms with Gasteiger partial charge in [-0.25, -0.2) is 0 Å². The summed E-state index contributed by atoms with van der Waals surface area (Å²) in [4.78, 5) is 14.3. The van der Waals surface area contributed by atoms with Crippen LogP contribution in [0.15, 0.2) is 18.2 Å². The summed E-state index contributed by atoms with van der Waals surface area (Å²) >= 11 is 0. The fourth-order valence-electron chi connectivity index (χ4n) is 3.37. The number of hydrogen-bond donors (Lipinski definition) is 1. The van der Waals surface area contributed by atoms with Crippen molar-refractivity contribution in [2.24, 2.45) is 5.92 Å². The normalized spacial score (nSPS) is 20.7. The summed E-state index contributed by atoms with van der Waals surface area (Å²) in [6.07, 6.45) is 4.82. The highest BCUT2D eigenvalue weighted by Gasteiger charge is 2.23. The van der Waals surface area contributed by atoms with Crippen molar-refractivity contribution in [3.8, 4) is 11.5 Å². The summed E-state index contributed by atoms with van der Waals surface area (Å²) in [5.41, 5.74) is 1.09. The van der Waals surface area contributed by atoms with E-state index in [1.807, 2.05) is 30.1 Å². The van der Waals surface area contributed by atoms with Gasteiger partial charge in [-0.1, -0.05) is 25.8 Å². The summed E-state index contributed by atoms with van der Waals surface area (Å²) in [6, 6.07) is 6.18. The lowest BCUT2D eigenvalue weighted by Crippen LogP contribution is -2.44. The molecule has 0 spiro atoms. The lowest BCUT2D eigenvalue weighted by Gasteiger charge is -2.30. The highest BCUT2D eigenvalue weighted by atomic mass is 16.5. The van der Waals surface area contributed by atoms with Crippen LogP contribution in [0, 0.1) is 5.92 Å². The minimum absolute atomic E-state index is 0.108. The Morgan fingerprint density at radius 2 is 1.92 bits per heavy atom. The fourth-order valence-corrected chi connectivity index (χ4v) is 3.37. The van der Waals surface area contributed by atoms with E-state index in [-0.39, 0.29) is 5.91 Å². The molecule has 0 radical (unpaired) electrons. The second-order valence-corrected chi connectivity index (χ2v) is 6.80. The maximum absolute atomic E-state index is 12.3. The number of benzene rings is 1. The maximum atomic E-state index is 12.3. The highest BCUT2D eigenvalue weighted by molar-refractivity contribution is 5.78. The smallest absolute Gasteiger partial charge is 0.234 e. The molecule has 5 heteroatoms. The minimum atomic E-state index is 0.108. The fraction of sp³-hybridized carbons (Fsp3) is 0.632. The molecule has 5 nitrogen and oxygen atoms in total. The second kappa shape index (κ2) is 8.92. The van der Waals surface area contributed by atoms with Crippen LogP contribution >= 0.6 is 0 Å². The van der Waals surface area contributed by atoms with Crippen LogP contribution in [-0.4, -0.2) is 44.7 Å². The first-order valence-corrected chi connectivity index (χ1v) is 8.72. The highest BCUT2D eigenvalue weighted by Crippen LogP contribution is 2.28. The number of methoxy groups -OCH3 is 2. The van der Waals surface area contributed by atoms with E-state index in [1.165, 1.54) is 19.3 Å². The number of hydrogen-bond acceptors (Lipinski definition) is 4. The summed E-state index contributed by atoms with van der Waals surface area (Å²) in [6.45, 7) is 3.32. The molecule has 0 aliphatic heterocycles. The number of carbonyl (C=O) groups is 1. The standard InChI is InChI=1S/C19H30N2O3/c1-14-7-5-6-8-16(14)20-19(22)13-21(2)12-15-9-10-17(23-3)18(11-15)24-4/h9-11,14,16H,5-8,12-13H2,1-4H3,(H,20,22)/t14-,16+/m0/s1. The topological polar surface area (TPSA) is 50.8 Å². The Hall–Kier alpha value is -1.75. The Labute approximate surface area is 145 Å². The summed E-state index contributed by atoms with van der Waals surface area (Å²) < 4.78 is 10.6. The van der Waals surface area contributed by atoms with Crippen LogP contribution in [0.5, 0.6) is 11.5 Å². The zero-order valence-corrected chi connectivity index (χ0v) is 15.3. The third-order valence-corrected chi connectivity index (χ3v) is 4.77. The SMILES string of the molecule is COc1ccc(CN(C)CC(=O)N[C@@H]2CCCC[C@@H]2C)cc1OC. The van der Waals surface area contributed by atoms with Crippen molar-refractivity contribution in [1.29, 1.82) is 0 Å². The van der Waals surface area contributed by atoms with Crippen LogP contribution in [0.2, 0.25) is 0 Å². The molecule has 1 aliphatic rings. The van der Waals surface area contributed by atoms with Crippen molar-refractivity contribution >= 4 is 5.91 Å². The van der Waals surface area contributed by atoms with Gasteiger partial charge in [-0.2, -0.15) is 0 Å². The van der Waals surface area contributed by atoms with Gasteiger partial charge in [0.25, 0.3) is 0 Å². The lowest BCUT2D eigenvalue weighted by atomic mass is 9.86. The monoisotopic (exact) mass is 334 g/mol. The van der Waals surface area contributed by atoms with Crippen LogP contribution in [-0.2, 0) is 11.3 Å². The first-order chi connectivity index (χ1) is 11.5. The lowest BCUT2D eigenvalue weighted by molar-refractivity contribution is -0.123. The van der Waals surface area contributed by atoms with Crippen molar-refractivity contribution in [2.45, 2.75) is 45.2 Å². The molecule has 0 aromatic heterocycles. The van der Waals surface area contributed by atoms with Gasteiger partial charge < -0.3 is 14.8 Å². The van der Waals surface area contributed by atoms with Crippen molar-refractivity contribution in [1.82, 2.24) is 10.2 Å². The second-order valence-electron chi connectivity index (χ2n) is 6.80. The van der Waals surface area contributed by atoms with E-state index in [0.717, 1.165) is 12.0 Å². The van der Waals surface area contributed by atoms with Crippen molar-refractivity contribution in [2.75, 3.05) is 27.8 Å². The van der Waals surface area contributed by atoms with E-state index < -0.39 is 0 Å². The third kappa shape index (κ3) is 5.13. The number of nitrogens with one attached hydrogen (secondary N) is 1. The first-order valence-electron chi connectivity index (χ1n) is 8.72. The van der Waals surface area contributed by atoms with Gasteiger partial charge in [-0.3, -0.25) is 9.69 Å². The molecule has 1 amide bonds. The van der Waals surface area contributed by atoms with E-state index in [2.05, 4.69) is 12.2 Å². The number of nitrogens with zero attached hydrogens (tertiary/aromatic N) is 1. The molecule has 1 saturated carbocycles. The Bertz CT molecular complexity index is 547. The molecule has 1 fully saturated rings. The zero-order chi connectivity index (χ0) is 17.5. The molecule has 0 heterocycles. The number of likely N-dealkylation sites (N-methyl/N-ethyl adjacent to an activating group) is 1. The van der Waals surface area contributed by atoms with Crippen molar-refractivity contribution in [3.05, 3.63) is 23.8 Å². The number of ether oxygens (including phenoxy) is 2. The van der Waals surface area contributed by atoms with Crippen LogP contribution in [0.4, 0.5) is 0 Å². The third-order valence-electron chi connectivity index (χ3n) is 4.77. The van der Waals surface area contributed by atoms with Crippen molar-refractivity contribution in [3.63, 3.8) is 0 Å². The van der Waals surface area contributed by atoms with Gasteiger partial charge in [0.2, 0.25) is 5.91 Å². The molecule has 134 valence electrons. The largest absolute Gasteiger partial charge is 0.493 e. The van der Waals surface area contributed by atoms with Crippen LogP contribution in [0.3, 0.4) is 0 Å². The van der Waals surface area contributed by atoms with Gasteiger partial charge in [-0.05, 0) is 43.5 Å². The van der Waals surface area contributed by atoms with Crippen LogP contribution in [0.1, 0.15) is 38.2 Å². The molecule has 0 saturated heterocycles. The van der Waals surface area contributed by atoms with E-state index in [0.29, 0.717) is 36.5 Å². The van der Waals surface area contributed by atoms with Gasteiger partial charge in [0.15, 0.2) is 11.5 Å². The molecular weight excluding hydrogens is 304 g/mol. The van der Waals surface area contributed by atoms with Gasteiger partial charge in [0.05, 0.1) is 20.8 Å². The Balaban J connectivity index is 1.86. The molecule has 2 atom stereocenters. The molecular formula is C19H30N2O3. The van der Waals surface area contributed by atoms with E-state index in [9.17, 15) is 4.79 Å². The summed E-state index contributed by atoms with van der Waals surface area (Å²) in [5, 5.41) is 3.20. The predicted molar refractivity (Wildman–Crippen MR) is 95.4 cm³/mol. The Kier molecular flexibility index (Phi) is 6.91. The van der Waals surface area contributed by atoms with Gasteiger partial charge >= 0.3 is 0 Å². The van der Waals surface area contributed by atoms with Gasteiger partial charge in [-0.15, -0.1) is 0 Å². The summed E-state index contributed by atoms with van der Waals surface area (Å²) in [7, 11) is 5.21. The maximum Gasteiger partial charge on any atom is 0.234 e. The average Bonchev–Trinajstić information content (AvgIpc) is 2.56. The molecule has 2 rings (SSSR count). The molecule has 1 aromatic carbocycles. The quantitative estimate of drug-likeness (QED) is 0.833. The molecule has 1 N–H and O–H groups in total. The van der Waals surface area contributed by atoms with E-state index in [4.69, 9.17) is 9.47 Å².